The first kappa shape index (κ1) is 9.43. The average molecular weight is 231 g/mol. The second-order valence-corrected chi connectivity index (χ2v) is 4.04. The summed E-state index contributed by atoms with van der Waals surface area (Å²) in [5, 5.41) is 11.4. The number of carboxylic acids is 1. The molecule has 1 heterocycles. The van der Waals surface area contributed by atoms with Crippen molar-refractivity contribution in [1.29, 1.82) is 0 Å². The molecular formula is C9H4ClFO2S. The molecule has 0 atom stereocenters. The molecule has 0 fully saturated rings. The van der Waals surface area contributed by atoms with Gasteiger partial charge < -0.3 is 5.11 Å². The van der Waals surface area contributed by atoms with E-state index in [0.29, 0.717) is 15.1 Å². The minimum Gasteiger partial charge on any atom is -0.478 e. The third kappa shape index (κ3) is 1.36. The van der Waals surface area contributed by atoms with Gasteiger partial charge in [-0.15, -0.1) is 11.3 Å². The molecule has 1 aromatic carbocycles. The van der Waals surface area contributed by atoms with Gasteiger partial charge in [0.2, 0.25) is 0 Å². The first-order valence-electron chi connectivity index (χ1n) is 3.69. The van der Waals surface area contributed by atoms with Crippen LogP contribution < -0.4 is 0 Å². The number of fused-ring (bicyclic) bond motifs is 1. The van der Waals surface area contributed by atoms with Crippen LogP contribution in [0.3, 0.4) is 0 Å². The SMILES string of the molecule is O=C(O)c1cc2c(Cl)csc2cc1F. The summed E-state index contributed by atoms with van der Waals surface area (Å²) in [4.78, 5) is 10.6. The molecule has 0 saturated heterocycles. The number of benzene rings is 1. The van der Waals surface area contributed by atoms with Crippen LogP contribution in [0.25, 0.3) is 10.1 Å². The van der Waals surface area contributed by atoms with Crippen LogP contribution in [-0.4, -0.2) is 11.1 Å². The largest absolute Gasteiger partial charge is 0.478 e. The van der Waals surface area contributed by atoms with Crippen molar-refractivity contribution >= 4 is 39.0 Å². The molecule has 1 aromatic heterocycles. The van der Waals surface area contributed by atoms with E-state index >= 15 is 0 Å². The van der Waals surface area contributed by atoms with Crippen LogP contribution in [0.2, 0.25) is 5.02 Å². The highest BCUT2D eigenvalue weighted by Gasteiger charge is 2.13. The van der Waals surface area contributed by atoms with E-state index in [1.165, 1.54) is 23.5 Å². The summed E-state index contributed by atoms with van der Waals surface area (Å²) in [5.74, 6) is -2.02. The molecular weight excluding hydrogens is 227 g/mol. The Morgan fingerprint density at radius 2 is 2.21 bits per heavy atom. The summed E-state index contributed by atoms with van der Waals surface area (Å²) in [6.07, 6.45) is 0. The molecule has 0 bridgehead atoms. The van der Waals surface area contributed by atoms with Crippen molar-refractivity contribution in [2.24, 2.45) is 0 Å². The number of halogens is 2. The molecule has 0 aliphatic heterocycles. The lowest BCUT2D eigenvalue weighted by molar-refractivity contribution is 0.0692. The Morgan fingerprint density at radius 3 is 2.86 bits per heavy atom. The van der Waals surface area contributed by atoms with Gasteiger partial charge in [-0.25, -0.2) is 9.18 Å². The van der Waals surface area contributed by atoms with E-state index in [4.69, 9.17) is 16.7 Å². The normalized spacial score (nSPS) is 10.7. The Hall–Kier alpha value is -1.13. The van der Waals surface area contributed by atoms with Crippen LogP contribution >= 0.6 is 22.9 Å². The van der Waals surface area contributed by atoms with Crippen LogP contribution in [0, 0.1) is 5.82 Å². The standard InChI is InChI=1S/C9H4ClFO2S/c10-6-3-14-8-2-7(11)5(9(12)13)1-4(6)8/h1-3H,(H,12,13). The predicted octanol–water partition coefficient (Wildman–Crippen LogP) is 3.39. The highest BCUT2D eigenvalue weighted by molar-refractivity contribution is 7.17. The molecule has 14 heavy (non-hydrogen) atoms. The molecule has 2 aromatic rings. The van der Waals surface area contributed by atoms with Gasteiger partial charge >= 0.3 is 5.97 Å². The van der Waals surface area contributed by atoms with E-state index < -0.39 is 11.8 Å². The van der Waals surface area contributed by atoms with Gasteiger partial charge in [-0.2, -0.15) is 0 Å². The monoisotopic (exact) mass is 230 g/mol. The number of aromatic carboxylic acids is 1. The molecule has 0 unspecified atom stereocenters. The number of carbonyl (C=O) groups is 1. The number of thiophene rings is 1. The number of carboxylic acid groups (broad SMARTS) is 1. The van der Waals surface area contributed by atoms with Gasteiger partial charge in [0.05, 0.1) is 10.6 Å². The van der Waals surface area contributed by atoms with E-state index in [2.05, 4.69) is 0 Å². The lowest BCUT2D eigenvalue weighted by atomic mass is 10.1. The molecule has 0 aliphatic carbocycles. The summed E-state index contributed by atoms with van der Waals surface area (Å²) in [7, 11) is 0. The second kappa shape index (κ2) is 3.22. The minimum atomic E-state index is -1.29. The number of hydrogen-bond acceptors (Lipinski definition) is 2. The molecule has 0 aliphatic rings. The van der Waals surface area contributed by atoms with Crippen molar-refractivity contribution in [3.63, 3.8) is 0 Å². The Labute approximate surface area is 87.5 Å². The van der Waals surface area contributed by atoms with E-state index in [0.717, 1.165) is 0 Å². The fourth-order valence-corrected chi connectivity index (χ4v) is 2.35. The maximum Gasteiger partial charge on any atom is 0.338 e. The van der Waals surface area contributed by atoms with Crippen molar-refractivity contribution in [3.8, 4) is 0 Å². The quantitative estimate of drug-likeness (QED) is 0.815. The van der Waals surface area contributed by atoms with Gasteiger partial charge in [0.15, 0.2) is 0 Å². The van der Waals surface area contributed by atoms with Gasteiger partial charge in [0.25, 0.3) is 0 Å². The minimum absolute atomic E-state index is 0.349. The molecule has 0 saturated carbocycles. The van der Waals surface area contributed by atoms with Crippen LogP contribution in [0.15, 0.2) is 17.5 Å². The summed E-state index contributed by atoms with van der Waals surface area (Å²) in [6.45, 7) is 0. The second-order valence-electron chi connectivity index (χ2n) is 2.72. The molecule has 0 radical (unpaired) electrons. The lowest BCUT2D eigenvalue weighted by Crippen LogP contribution is -1.99. The summed E-state index contributed by atoms with van der Waals surface area (Å²) in [5.41, 5.74) is -0.349. The van der Waals surface area contributed by atoms with Gasteiger partial charge in [0.1, 0.15) is 5.82 Å². The lowest BCUT2D eigenvalue weighted by Gasteiger charge is -1.97. The fourth-order valence-electron chi connectivity index (χ4n) is 1.18. The topological polar surface area (TPSA) is 37.3 Å². The fraction of sp³-hybridized carbons (Fsp3) is 0. The van der Waals surface area contributed by atoms with Gasteiger partial charge in [-0.1, -0.05) is 11.6 Å². The molecule has 0 spiro atoms. The van der Waals surface area contributed by atoms with E-state index in [1.807, 2.05) is 0 Å². The van der Waals surface area contributed by atoms with Crippen molar-refractivity contribution in [2.45, 2.75) is 0 Å². The van der Waals surface area contributed by atoms with Gasteiger partial charge in [0, 0.05) is 15.5 Å². The van der Waals surface area contributed by atoms with E-state index in [1.54, 1.807) is 5.38 Å². The Kier molecular flexibility index (Phi) is 2.17. The van der Waals surface area contributed by atoms with Crippen molar-refractivity contribution in [2.75, 3.05) is 0 Å². The molecule has 72 valence electrons. The summed E-state index contributed by atoms with van der Waals surface area (Å²) < 4.78 is 13.8. The summed E-state index contributed by atoms with van der Waals surface area (Å²) in [6, 6.07) is 2.45. The molecule has 5 heteroatoms. The third-order valence-electron chi connectivity index (χ3n) is 1.85. The van der Waals surface area contributed by atoms with E-state index in [-0.39, 0.29) is 5.56 Å². The number of hydrogen-bond donors (Lipinski definition) is 1. The Morgan fingerprint density at radius 1 is 1.50 bits per heavy atom. The average Bonchev–Trinajstić information content (AvgIpc) is 2.46. The maximum absolute atomic E-state index is 13.2. The summed E-state index contributed by atoms with van der Waals surface area (Å²) >= 11 is 7.08. The molecule has 2 nitrogen and oxygen atoms in total. The Bertz CT molecular complexity index is 521. The first-order valence-corrected chi connectivity index (χ1v) is 4.95. The van der Waals surface area contributed by atoms with Crippen LogP contribution in [-0.2, 0) is 0 Å². The van der Waals surface area contributed by atoms with E-state index in [9.17, 15) is 9.18 Å². The predicted molar refractivity (Wildman–Crippen MR) is 53.8 cm³/mol. The van der Waals surface area contributed by atoms with Crippen molar-refractivity contribution in [3.05, 3.63) is 33.9 Å². The zero-order valence-corrected chi connectivity index (χ0v) is 8.32. The third-order valence-corrected chi connectivity index (χ3v) is 3.23. The first-order chi connectivity index (χ1) is 6.59. The molecule has 1 N–H and O–H groups in total. The van der Waals surface area contributed by atoms with Crippen LogP contribution in [0.5, 0.6) is 0 Å². The highest BCUT2D eigenvalue weighted by atomic mass is 35.5. The maximum atomic E-state index is 13.2. The highest BCUT2D eigenvalue weighted by Crippen LogP contribution is 2.31. The number of rotatable bonds is 1. The van der Waals surface area contributed by atoms with Gasteiger partial charge in [-0.3, -0.25) is 0 Å². The van der Waals surface area contributed by atoms with Crippen LogP contribution in [0.1, 0.15) is 10.4 Å². The zero-order valence-electron chi connectivity index (χ0n) is 6.75. The van der Waals surface area contributed by atoms with Crippen molar-refractivity contribution < 1.29 is 14.3 Å². The van der Waals surface area contributed by atoms with Gasteiger partial charge in [-0.05, 0) is 12.1 Å². The van der Waals surface area contributed by atoms with Crippen LogP contribution in [0.4, 0.5) is 4.39 Å². The zero-order chi connectivity index (χ0) is 10.3. The Balaban J connectivity index is 2.80. The van der Waals surface area contributed by atoms with Crippen molar-refractivity contribution in [1.82, 2.24) is 0 Å². The smallest absolute Gasteiger partial charge is 0.338 e. The molecule has 2 rings (SSSR count). The molecule has 0 amide bonds.